The van der Waals surface area contributed by atoms with Crippen molar-refractivity contribution in [3.63, 3.8) is 0 Å². The van der Waals surface area contributed by atoms with Gasteiger partial charge < -0.3 is 14.2 Å². The summed E-state index contributed by atoms with van der Waals surface area (Å²) in [5.41, 5.74) is 0. The van der Waals surface area contributed by atoms with E-state index in [2.05, 4.69) is 45.1 Å². The van der Waals surface area contributed by atoms with Crippen LogP contribution in [-0.4, -0.2) is 37.2 Å². The smallest absolute Gasteiger partial charge is 0.306 e. The molecule has 70 heavy (non-hydrogen) atoms. The van der Waals surface area contributed by atoms with Gasteiger partial charge in [-0.3, -0.25) is 14.4 Å². The summed E-state index contributed by atoms with van der Waals surface area (Å²) in [6.45, 7) is 6.68. The van der Waals surface area contributed by atoms with Gasteiger partial charge in [0.15, 0.2) is 6.10 Å². The molecule has 0 fully saturated rings. The maximum absolute atomic E-state index is 12.9. The fourth-order valence-electron chi connectivity index (χ4n) is 9.48. The molecule has 412 valence electrons. The summed E-state index contributed by atoms with van der Waals surface area (Å²) in [5, 5.41) is 0. The molecule has 0 aromatic rings. The maximum atomic E-state index is 12.9. The molecule has 0 aliphatic heterocycles. The number of ether oxygens (including phenoxy) is 3. The van der Waals surface area contributed by atoms with Crippen molar-refractivity contribution in [1.82, 2.24) is 0 Å². The van der Waals surface area contributed by atoms with E-state index >= 15 is 0 Å². The normalized spacial score (nSPS) is 12.1. The highest BCUT2D eigenvalue weighted by atomic mass is 16.6. The van der Waals surface area contributed by atoms with E-state index in [0.29, 0.717) is 19.3 Å². The zero-order valence-electron chi connectivity index (χ0n) is 47.3. The van der Waals surface area contributed by atoms with Crippen molar-refractivity contribution in [2.45, 2.75) is 354 Å². The van der Waals surface area contributed by atoms with Gasteiger partial charge in [-0.1, -0.05) is 302 Å². The molecule has 0 rings (SSSR count). The first kappa shape index (κ1) is 67.9. The molecule has 6 heteroatoms. The van der Waals surface area contributed by atoms with Gasteiger partial charge in [-0.15, -0.1) is 0 Å². The average molecular weight is 986 g/mol. The zero-order chi connectivity index (χ0) is 50.7. The van der Waals surface area contributed by atoms with Crippen molar-refractivity contribution in [2.75, 3.05) is 13.2 Å². The van der Waals surface area contributed by atoms with Gasteiger partial charge in [0.05, 0.1) is 0 Å². The second kappa shape index (κ2) is 59.5. The average Bonchev–Trinajstić information content (AvgIpc) is 3.36. The maximum Gasteiger partial charge on any atom is 0.306 e. The SMILES string of the molecule is CCCCC/C=C\C/C=C\CCCCCCCCCCCC(=O)OC[C@@H](COC(=O)CCCCCCCCCCCCCCCCC)OC(=O)CCCCCCCCCCCCCCCCCCCC. The highest BCUT2D eigenvalue weighted by molar-refractivity contribution is 5.71. The molecule has 0 aromatic heterocycles. The Hall–Kier alpha value is -2.11. The molecule has 0 saturated heterocycles. The number of rotatable bonds is 58. The number of hydrogen-bond acceptors (Lipinski definition) is 6. The molecule has 0 spiro atoms. The molecule has 0 unspecified atom stereocenters. The number of carbonyl (C=O) groups is 3. The Labute approximate surface area is 436 Å². The van der Waals surface area contributed by atoms with Crippen molar-refractivity contribution < 1.29 is 28.6 Å². The van der Waals surface area contributed by atoms with Crippen LogP contribution in [0.1, 0.15) is 348 Å². The monoisotopic (exact) mass is 985 g/mol. The van der Waals surface area contributed by atoms with E-state index in [9.17, 15) is 14.4 Å². The van der Waals surface area contributed by atoms with Gasteiger partial charge in [0.2, 0.25) is 0 Å². The Bertz CT molecular complexity index is 1130. The summed E-state index contributed by atoms with van der Waals surface area (Å²) < 4.78 is 16.9. The number of hydrogen-bond donors (Lipinski definition) is 0. The summed E-state index contributed by atoms with van der Waals surface area (Å²) in [5.74, 6) is -0.843. The fraction of sp³-hybridized carbons (Fsp3) is 0.891. The minimum atomic E-state index is -0.768. The number of carbonyl (C=O) groups excluding carboxylic acids is 3. The predicted molar refractivity (Wildman–Crippen MR) is 303 cm³/mol. The van der Waals surface area contributed by atoms with Crippen molar-refractivity contribution in [2.24, 2.45) is 0 Å². The molecule has 0 radical (unpaired) electrons. The lowest BCUT2D eigenvalue weighted by Crippen LogP contribution is -2.30. The lowest BCUT2D eigenvalue weighted by molar-refractivity contribution is -0.167. The van der Waals surface area contributed by atoms with E-state index in [1.54, 1.807) is 0 Å². The minimum Gasteiger partial charge on any atom is -0.462 e. The number of esters is 3. The predicted octanol–water partition coefficient (Wildman–Crippen LogP) is 21.1. The summed E-state index contributed by atoms with van der Waals surface area (Å²) >= 11 is 0. The van der Waals surface area contributed by atoms with E-state index < -0.39 is 6.10 Å². The Balaban J connectivity index is 4.31. The largest absolute Gasteiger partial charge is 0.462 e. The molecular formula is C64H120O6. The van der Waals surface area contributed by atoms with Crippen LogP contribution in [-0.2, 0) is 28.6 Å². The van der Waals surface area contributed by atoms with Crippen molar-refractivity contribution in [3.8, 4) is 0 Å². The van der Waals surface area contributed by atoms with Crippen LogP contribution < -0.4 is 0 Å². The van der Waals surface area contributed by atoms with E-state index in [1.165, 1.54) is 244 Å². The third-order valence-corrected chi connectivity index (χ3v) is 14.2. The van der Waals surface area contributed by atoms with Gasteiger partial charge in [-0.2, -0.15) is 0 Å². The summed E-state index contributed by atoms with van der Waals surface area (Å²) in [6.07, 6.45) is 70.3. The second-order valence-electron chi connectivity index (χ2n) is 21.3. The Morgan fingerprint density at radius 1 is 0.286 bits per heavy atom. The Morgan fingerprint density at radius 3 is 0.814 bits per heavy atom. The van der Waals surface area contributed by atoms with Gasteiger partial charge in [-0.25, -0.2) is 0 Å². The summed E-state index contributed by atoms with van der Waals surface area (Å²) in [7, 11) is 0. The third-order valence-electron chi connectivity index (χ3n) is 14.2. The third kappa shape index (κ3) is 56.8. The van der Waals surface area contributed by atoms with Crippen molar-refractivity contribution in [1.29, 1.82) is 0 Å². The second-order valence-corrected chi connectivity index (χ2v) is 21.3. The van der Waals surface area contributed by atoms with Crippen LogP contribution in [0.2, 0.25) is 0 Å². The van der Waals surface area contributed by atoms with E-state index in [-0.39, 0.29) is 31.1 Å². The molecule has 0 bridgehead atoms. The lowest BCUT2D eigenvalue weighted by atomic mass is 10.0. The van der Waals surface area contributed by atoms with Crippen LogP contribution in [0.5, 0.6) is 0 Å². The molecule has 6 nitrogen and oxygen atoms in total. The molecular weight excluding hydrogens is 865 g/mol. The molecule has 0 heterocycles. The van der Waals surface area contributed by atoms with Gasteiger partial charge in [0, 0.05) is 19.3 Å². The highest BCUT2D eigenvalue weighted by Crippen LogP contribution is 2.18. The van der Waals surface area contributed by atoms with Crippen LogP contribution in [0.15, 0.2) is 24.3 Å². The molecule has 0 aliphatic rings. The lowest BCUT2D eigenvalue weighted by Gasteiger charge is -2.18. The standard InChI is InChI=1S/C64H120O6/c1-4-7-10-13-16-19-22-25-28-30-32-34-36-39-42-45-48-51-54-57-63(66)69-60-61(59-68-62(65)56-53-50-47-44-41-38-35-27-24-21-18-15-12-9-6-3)70-64(67)58-55-52-49-46-43-40-37-33-31-29-26-23-20-17-14-11-8-5-2/h16,19,25,28,61H,4-15,17-18,20-24,26-27,29-60H2,1-3H3/b19-16-,28-25-/t61-/m1/s1. The molecule has 1 atom stereocenters. The highest BCUT2D eigenvalue weighted by Gasteiger charge is 2.19. The number of allylic oxidation sites excluding steroid dienone is 4. The fourth-order valence-corrected chi connectivity index (χ4v) is 9.48. The molecule has 0 saturated carbocycles. The van der Waals surface area contributed by atoms with Crippen molar-refractivity contribution in [3.05, 3.63) is 24.3 Å². The van der Waals surface area contributed by atoms with Crippen LogP contribution in [0.25, 0.3) is 0 Å². The molecule has 0 amide bonds. The first-order chi connectivity index (χ1) is 34.5. The van der Waals surface area contributed by atoms with Crippen molar-refractivity contribution >= 4 is 17.9 Å². The molecule has 0 N–H and O–H groups in total. The quantitative estimate of drug-likeness (QED) is 0.0261. The summed E-state index contributed by atoms with van der Waals surface area (Å²) in [6, 6.07) is 0. The van der Waals surface area contributed by atoms with Gasteiger partial charge >= 0.3 is 17.9 Å². The number of unbranched alkanes of at least 4 members (excludes halogenated alkanes) is 43. The van der Waals surface area contributed by atoms with E-state index in [1.807, 2.05) is 0 Å². The van der Waals surface area contributed by atoms with Crippen LogP contribution >= 0.6 is 0 Å². The first-order valence-electron chi connectivity index (χ1n) is 31.3. The Morgan fingerprint density at radius 2 is 0.514 bits per heavy atom. The van der Waals surface area contributed by atoms with Crippen LogP contribution in [0, 0.1) is 0 Å². The Kier molecular flexibility index (Phi) is 57.7. The molecule has 0 aromatic carbocycles. The van der Waals surface area contributed by atoms with E-state index in [4.69, 9.17) is 14.2 Å². The molecule has 0 aliphatic carbocycles. The van der Waals surface area contributed by atoms with Gasteiger partial charge in [-0.05, 0) is 51.4 Å². The van der Waals surface area contributed by atoms with Gasteiger partial charge in [0.25, 0.3) is 0 Å². The zero-order valence-corrected chi connectivity index (χ0v) is 47.3. The topological polar surface area (TPSA) is 78.9 Å². The van der Waals surface area contributed by atoms with Gasteiger partial charge in [0.1, 0.15) is 13.2 Å². The first-order valence-corrected chi connectivity index (χ1v) is 31.3. The summed E-state index contributed by atoms with van der Waals surface area (Å²) in [4.78, 5) is 38.3. The van der Waals surface area contributed by atoms with Crippen LogP contribution in [0.4, 0.5) is 0 Å². The minimum absolute atomic E-state index is 0.0662. The van der Waals surface area contributed by atoms with E-state index in [0.717, 1.165) is 64.2 Å². The van der Waals surface area contributed by atoms with Crippen LogP contribution in [0.3, 0.4) is 0 Å².